The first-order chi connectivity index (χ1) is 16.8. The van der Waals surface area contributed by atoms with Gasteiger partial charge in [-0.15, -0.1) is 0 Å². The highest BCUT2D eigenvalue weighted by atomic mass is 16.5. The largest absolute Gasteiger partial charge is 0.494 e. The summed E-state index contributed by atoms with van der Waals surface area (Å²) < 4.78 is 17.3. The predicted molar refractivity (Wildman–Crippen MR) is 138 cm³/mol. The Labute approximate surface area is 202 Å². The van der Waals surface area contributed by atoms with E-state index in [2.05, 4.69) is 53.8 Å². The van der Waals surface area contributed by atoms with Crippen LogP contribution in [0.4, 0.5) is 5.69 Å². The van der Waals surface area contributed by atoms with Crippen LogP contribution in [0.5, 0.6) is 17.2 Å². The third kappa shape index (κ3) is 7.89. The lowest BCUT2D eigenvalue weighted by Crippen LogP contribution is -2.09. The molecule has 0 aliphatic carbocycles. The number of aryl methyl sites for hydroxylation is 1. The second kappa shape index (κ2) is 12.9. The average molecular weight is 454 g/mol. The second-order valence-electron chi connectivity index (χ2n) is 7.97. The van der Waals surface area contributed by atoms with Gasteiger partial charge in [0, 0.05) is 12.2 Å². The van der Waals surface area contributed by atoms with E-state index in [9.17, 15) is 0 Å². The third-order valence-corrected chi connectivity index (χ3v) is 5.36. The molecule has 0 fully saturated rings. The summed E-state index contributed by atoms with van der Waals surface area (Å²) in [6.07, 6.45) is 2.04. The lowest BCUT2D eigenvalue weighted by Gasteiger charge is -2.11. The molecule has 0 heterocycles. The van der Waals surface area contributed by atoms with E-state index in [0.29, 0.717) is 19.8 Å². The molecule has 174 valence electrons. The van der Waals surface area contributed by atoms with Crippen molar-refractivity contribution in [1.29, 1.82) is 0 Å². The van der Waals surface area contributed by atoms with E-state index in [1.54, 1.807) is 0 Å². The fourth-order valence-corrected chi connectivity index (χ4v) is 3.52. The van der Waals surface area contributed by atoms with Crippen molar-refractivity contribution in [3.63, 3.8) is 0 Å². The van der Waals surface area contributed by atoms with Crippen molar-refractivity contribution in [2.45, 2.75) is 19.4 Å². The van der Waals surface area contributed by atoms with E-state index in [1.165, 1.54) is 11.1 Å². The molecule has 0 aliphatic heterocycles. The molecular formula is C30H31NO3. The van der Waals surface area contributed by atoms with Crippen molar-refractivity contribution in [2.24, 2.45) is 0 Å². The molecule has 0 aromatic heterocycles. The monoisotopic (exact) mass is 453 g/mol. The van der Waals surface area contributed by atoms with Crippen LogP contribution >= 0.6 is 0 Å². The summed E-state index contributed by atoms with van der Waals surface area (Å²) in [6, 6.07) is 36.5. The summed E-state index contributed by atoms with van der Waals surface area (Å²) in [5.74, 6) is 2.60. The number of nitrogens with one attached hydrogen (secondary N) is 1. The minimum atomic E-state index is 0.507. The maximum atomic E-state index is 5.87. The van der Waals surface area contributed by atoms with Gasteiger partial charge >= 0.3 is 0 Å². The minimum Gasteiger partial charge on any atom is -0.494 e. The van der Waals surface area contributed by atoms with E-state index < -0.39 is 0 Å². The first-order valence-electron chi connectivity index (χ1n) is 11.8. The molecule has 0 bridgehead atoms. The molecule has 0 atom stereocenters. The predicted octanol–water partition coefficient (Wildman–Crippen LogP) is 6.77. The normalized spacial score (nSPS) is 10.5. The summed E-state index contributed by atoms with van der Waals surface area (Å²) in [6.45, 7) is 2.48. The van der Waals surface area contributed by atoms with Crippen LogP contribution in [0.1, 0.15) is 17.5 Å². The Morgan fingerprint density at radius 3 is 1.65 bits per heavy atom. The molecule has 0 saturated heterocycles. The topological polar surface area (TPSA) is 39.7 Å². The van der Waals surface area contributed by atoms with Crippen LogP contribution in [0, 0.1) is 0 Å². The first-order valence-corrected chi connectivity index (χ1v) is 11.8. The smallest absolute Gasteiger partial charge is 0.122 e. The summed E-state index contributed by atoms with van der Waals surface area (Å²) in [4.78, 5) is 0. The molecule has 34 heavy (non-hydrogen) atoms. The number of para-hydroxylation sites is 1. The maximum Gasteiger partial charge on any atom is 0.122 e. The Balaban J connectivity index is 1.12. The van der Waals surface area contributed by atoms with E-state index in [1.807, 2.05) is 60.7 Å². The van der Waals surface area contributed by atoms with E-state index >= 15 is 0 Å². The van der Waals surface area contributed by atoms with Crippen molar-refractivity contribution in [3.8, 4) is 17.2 Å². The van der Waals surface area contributed by atoms with E-state index in [-0.39, 0.29) is 0 Å². The SMILES string of the molecule is c1ccc(CCCOc2ccc(NCc3ccc(OCCOc4ccccc4)cc3)cc2)cc1. The van der Waals surface area contributed by atoms with Crippen LogP contribution in [-0.2, 0) is 13.0 Å². The van der Waals surface area contributed by atoms with Crippen LogP contribution < -0.4 is 19.5 Å². The lowest BCUT2D eigenvalue weighted by molar-refractivity contribution is 0.217. The van der Waals surface area contributed by atoms with Gasteiger partial charge in [-0.3, -0.25) is 0 Å². The second-order valence-corrected chi connectivity index (χ2v) is 7.97. The Hall–Kier alpha value is -3.92. The van der Waals surface area contributed by atoms with Crippen LogP contribution in [0.2, 0.25) is 0 Å². The van der Waals surface area contributed by atoms with Crippen LogP contribution in [0.15, 0.2) is 109 Å². The molecule has 0 radical (unpaired) electrons. The number of hydrogen-bond acceptors (Lipinski definition) is 4. The Bertz CT molecular complexity index is 990. The Kier molecular flexibility index (Phi) is 8.85. The Morgan fingerprint density at radius 2 is 1.00 bits per heavy atom. The highest BCUT2D eigenvalue weighted by Gasteiger charge is 2.00. The summed E-state index contributed by atoms with van der Waals surface area (Å²) in [7, 11) is 0. The van der Waals surface area contributed by atoms with Gasteiger partial charge in [0.2, 0.25) is 0 Å². The van der Waals surface area contributed by atoms with Gasteiger partial charge < -0.3 is 19.5 Å². The molecule has 4 nitrogen and oxygen atoms in total. The highest BCUT2D eigenvalue weighted by Crippen LogP contribution is 2.18. The highest BCUT2D eigenvalue weighted by molar-refractivity contribution is 5.47. The molecule has 0 amide bonds. The number of rotatable bonds is 13. The van der Waals surface area contributed by atoms with Crippen molar-refractivity contribution >= 4 is 5.69 Å². The minimum absolute atomic E-state index is 0.507. The number of benzene rings is 4. The zero-order valence-corrected chi connectivity index (χ0v) is 19.4. The van der Waals surface area contributed by atoms with Crippen molar-refractivity contribution in [2.75, 3.05) is 25.1 Å². The zero-order valence-electron chi connectivity index (χ0n) is 19.4. The third-order valence-electron chi connectivity index (χ3n) is 5.36. The summed E-state index contributed by atoms with van der Waals surface area (Å²) in [5, 5.41) is 3.45. The van der Waals surface area contributed by atoms with Crippen LogP contribution in [-0.4, -0.2) is 19.8 Å². The fraction of sp³-hybridized carbons (Fsp3) is 0.200. The zero-order chi connectivity index (χ0) is 23.3. The van der Waals surface area contributed by atoms with Crippen LogP contribution in [0.25, 0.3) is 0 Å². The number of ether oxygens (including phenoxy) is 3. The van der Waals surface area contributed by atoms with E-state index in [4.69, 9.17) is 14.2 Å². The lowest BCUT2D eigenvalue weighted by atomic mass is 10.1. The molecular weight excluding hydrogens is 422 g/mol. The van der Waals surface area contributed by atoms with Gasteiger partial charge in [0.25, 0.3) is 0 Å². The van der Waals surface area contributed by atoms with Gasteiger partial charge in [-0.1, -0.05) is 60.7 Å². The molecule has 0 saturated carbocycles. The standard InChI is InChI=1S/C30H31NO3/c1-3-8-25(9-4-1)10-7-21-32-30-19-15-27(16-20-30)31-24-26-13-17-29(18-14-26)34-23-22-33-28-11-5-2-6-12-28/h1-6,8-9,11-20,31H,7,10,21-24H2. The first kappa shape index (κ1) is 23.2. The summed E-state index contributed by atoms with van der Waals surface area (Å²) in [5.41, 5.74) is 3.60. The van der Waals surface area contributed by atoms with Gasteiger partial charge in [-0.2, -0.15) is 0 Å². The molecule has 4 rings (SSSR count). The maximum absolute atomic E-state index is 5.87. The number of anilines is 1. The van der Waals surface area contributed by atoms with Crippen LogP contribution in [0.3, 0.4) is 0 Å². The number of hydrogen-bond donors (Lipinski definition) is 1. The van der Waals surface area contributed by atoms with Crippen molar-refractivity contribution < 1.29 is 14.2 Å². The van der Waals surface area contributed by atoms with Gasteiger partial charge in [0.1, 0.15) is 30.5 Å². The average Bonchev–Trinajstić information content (AvgIpc) is 2.90. The van der Waals surface area contributed by atoms with E-state index in [0.717, 1.165) is 42.3 Å². The van der Waals surface area contributed by atoms with Gasteiger partial charge in [0.15, 0.2) is 0 Å². The summed E-state index contributed by atoms with van der Waals surface area (Å²) >= 11 is 0. The fourth-order valence-electron chi connectivity index (χ4n) is 3.52. The van der Waals surface area contributed by atoms with Crippen molar-refractivity contribution in [3.05, 3.63) is 120 Å². The molecule has 0 spiro atoms. The molecule has 4 aromatic rings. The van der Waals surface area contributed by atoms with Gasteiger partial charge in [-0.25, -0.2) is 0 Å². The molecule has 0 aliphatic rings. The van der Waals surface area contributed by atoms with Gasteiger partial charge in [-0.05, 0) is 72.5 Å². The molecule has 4 heteroatoms. The Morgan fingerprint density at radius 1 is 0.471 bits per heavy atom. The quantitative estimate of drug-likeness (QED) is 0.227. The molecule has 0 unspecified atom stereocenters. The van der Waals surface area contributed by atoms with Crippen molar-refractivity contribution in [1.82, 2.24) is 0 Å². The molecule has 1 N–H and O–H groups in total. The van der Waals surface area contributed by atoms with Gasteiger partial charge in [0.05, 0.1) is 6.61 Å². The molecule has 4 aromatic carbocycles.